The highest BCUT2D eigenvalue weighted by molar-refractivity contribution is 5.84. The molecule has 0 spiro atoms. The zero-order valence-electron chi connectivity index (χ0n) is 12.9. The SMILES string of the molecule is O=C(CCCCOc1ccccc1)NCC(=O)N1CCCC1. The van der Waals surface area contributed by atoms with E-state index in [9.17, 15) is 9.59 Å². The van der Waals surface area contributed by atoms with E-state index >= 15 is 0 Å². The maximum absolute atomic E-state index is 11.8. The van der Waals surface area contributed by atoms with Crippen LogP contribution in [0.1, 0.15) is 32.1 Å². The van der Waals surface area contributed by atoms with Crippen LogP contribution in [0.5, 0.6) is 5.75 Å². The van der Waals surface area contributed by atoms with Gasteiger partial charge in [0.1, 0.15) is 5.75 Å². The number of unbranched alkanes of at least 4 members (excludes halogenated alkanes) is 1. The molecule has 1 aliphatic heterocycles. The second-order valence-electron chi connectivity index (χ2n) is 5.48. The summed E-state index contributed by atoms with van der Waals surface area (Å²) in [5.74, 6) is 0.814. The van der Waals surface area contributed by atoms with Gasteiger partial charge in [0.15, 0.2) is 0 Å². The van der Waals surface area contributed by atoms with Crippen molar-refractivity contribution in [2.45, 2.75) is 32.1 Å². The van der Waals surface area contributed by atoms with Gasteiger partial charge in [-0.2, -0.15) is 0 Å². The van der Waals surface area contributed by atoms with Gasteiger partial charge in [-0.25, -0.2) is 0 Å². The van der Waals surface area contributed by atoms with Crippen LogP contribution in [0.2, 0.25) is 0 Å². The standard InChI is InChI=1S/C17H24N2O3/c20-16(18-14-17(21)19-11-5-6-12-19)10-4-7-13-22-15-8-2-1-3-9-15/h1-3,8-9H,4-7,10-14H2,(H,18,20). The van der Waals surface area contributed by atoms with Gasteiger partial charge in [0.05, 0.1) is 13.2 Å². The van der Waals surface area contributed by atoms with Gasteiger partial charge in [0.2, 0.25) is 11.8 Å². The van der Waals surface area contributed by atoms with E-state index in [1.807, 2.05) is 35.2 Å². The summed E-state index contributed by atoms with van der Waals surface area (Å²) in [5, 5.41) is 2.70. The zero-order chi connectivity index (χ0) is 15.6. The summed E-state index contributed by atoms with van der Waals surface area (Å²) < 4.78 is 5.56. The van der Waals surface area contributed by atoms with Crippen LogP contribution in [0, 0.1) is 0 Å². The molecule has 22 heavy (non-hydrogen) atoms. The summed E-state index contributed by atoms with van der Waals surface area (Å²) in [5.41, 5.74) is 0. The average molecular weight is 304 g/mol. The maximum atomic E-state index is 11.8. The van der Waals surface area contributed by atoms with Crippen molar-refractivity contribution in [2.24, 2.45) is 0 Å². The smallest absolute Gasteiger partial charge is 0.241 e. The number of nitrogens with one attached hydrogen (secondary N) is 1. The second kappa shape index (κ2) is 9.07. The highest BCUT2D eigenvalue weighted by atomic mass is 16.5. The van der Waals surface area contributed by atoms with Gasteiger partial charge < -0.3 is 15.0 Å². The first-order chi connectivity index (χ1) is 10.8. The Morgan fingerprint density at radius 3 is 2.55 bits per heavy atom. The van der Waals surface area contributed by atoms with Gasteiger partial charge in [-0.3, -0.25) is 9.59 Å². The number of ether oxygens (including phenoxy) is 1. The number of likely N-dealkylation sites (tertiary alicyclic amines) is 1. The summed E-state index contributed by atoms with van der Waals surface area (Å²) in [6.07, 6.45) is 4.16. The lowest BCUT2D eigenvalue weighted by molar-refractivity contribution is -0.132. The quantitative estimate of drug-likeness (QED) is 0.747. The van der Waals surface area contributed by atoms with Crippen molar-refractivity contribution in [1.29, 1.82) is 0 Å². The number of nitrogens with zero attached hydrogens (tertiary/aromatic N) is 1. The molecule has 1 N–H and O–H groups in total. The fraction of sp³-hybridized carbons (Fsp3) is 0.529. The van der Waals surface area contributed by atoms with Crippen LogP contribution in [0.15, 0.2) is 30.3 Å². The Morgan fingerprint density at radius 2 is 1.82 bits per heavy atom. The summed E-state index contributed by atoms with van der Waals surface area (Å²) in [7, 11) is 0. The minimum atomic E-state index is -0.0627. The highest BCUT2D eigenvalue weighted by Crippen LogP contribution is 2.09. The third-order valence-corrected chi connectivity index (χ3v) is 3.71. The van der Waals surface area contributed by atoms with Crippen LogP contribution in [-0.4, -0.2) is 43.0 Å². The van der Waals surface area contributed by atoms with E-state index in [2.05, 4.69) is 5.32 Å². The van der Waals surface area contributed by atoms with Crippen molar-refractivity contribution in [1.82, 2.24) is 10.2 Å². The molecule has 5 nitrogen and oxygen atoms in total. The first kappa shape index (κ1) is 16.3. The van der Waals surface area contributed by atoms with Crippen molar-refractivity contribution >= 4 is 11.8 Å². The molecule has 0 aromatic heterocycles. The molecule has 0 atom stereocenters. The Kier molecular flexibility index (Phi) is 6.74. The Morgan fingerprint density at radius 1 is 1.09 bits per heavy atom. The normalized spacial score (nSPS) is 13.9. The van der Waals surface area contributed by atoms with Gasteiger partial charge in [-0.1, -0.05) is 18.2 Å². The fourth-order valence-corrected chi connectivity index (χ4v) is 2.44. The molecule has 0 bridgehead atoms. The van der Waals surface area contributed by atoms with Gasteiger partial charge in [0, 0.05) is 19.5 Å². The molecular weight excluding hydrogens is 280 g/mol. The largest absolute Gasteiger partial charge is 0.494 e. The zero-order valence-corrected chi connectivity index (χ0v) is 12.9. The Bertz CT molecular complexity index is 470. The molecule has 0 radical (unpaired) electrons. The van der Waals surface area contributed by atoms with Crippen LogP contribution >= 0.6 is 0 Å². The third kappa shape index (κ3) is 5.76. The van der Waals surface area contributed by atoms with Crippen LogP contribution in [0.3, 0.4) is 0 Å². The third-order valence-electron chi connectivity index (χ3n) is 3.71. The fourth-order valence-electron chi connectivity index (χ4n) is 2.44. The monoisotopic (exact) mass is 304 g/mol. The van der Waals surface area contributed by atoms with Crippen molar-refractivity contribution < 1.29 is 14.3 Å². The summed E-state index contributed by atoms with van der Waals surface area (Å²) in [6, 6.07) is 9.63. The molecule has 1 saturated heterocycles. The summed E-state index contributed by atoms with van der Waals surface area (Å²) >= 11 is 0. The average Bonchev–Trinajstić information content (AvgIpc) is 3.08. The molecule has 2 rings (SSSR count). The van der Waals surface area contributed by atoms with E-state index in [1.54, 1.807) is 0 Å². The number of hydrogen-bond donors (Lipinski definition) is 1. The molecule has 2 amide bonds. The molecular formula is C17H24N2O3. The molecule has 1 fully saturated rings. The molecule has 1 heterocycles. The minimum absolute atomic E-state index is 0.0262. The van der Waals surface area contributed by atoms with Crippen molar-refractivity contribution in [3.05, 3.63) is 30.3 Å². The number of rotatable bonds is 8. The minimum Gasteiger partial charge on any atom is -0.494 e. The van der Waals surface area contributed by atoms with E-state index in [1.165, 1.54) is 0 Å². The number of hydrogen-bond acceptors (Lipinski definition) is 3. The van der Waals surface area contributed by atoms with Crippen molar-refractivity contribution in [3.63, 3.8) is 0 Å². The lowest BCUT2D eigenvalue weighted by Crippen LogP contribution is -2.38. The van der Waals surface area contributed by atoms with Crippen LogP contribution in [-0.2, 0) is 9.59 Å². The van der Waals surface area contributed by atoms with Crippen LogP contribution < -0.4 is 10.1 Å². The molecule has 1 aliphatic rings. The van der Waals surface area contributed by atoms with E-state index < -0.39 is 0 Å². The number of carbonyl (C=O) groups excluding carboxylic acids is 2. The molecule has 1 aromatic rings. The lowest BCUT2D eigenvalue weighted by Gasteiger charge is -2.15. The number of benzene rings is 1. The number of para-hydroxylation sites is 1. The van der Waals surface area contributed by atoms with E-state index in [-0.39, 0.29) is 18.4 Å². The Hall–Kier alpha value is -2.04. The van der Waals surface area contributed by atoms with Crippen LogP contribution in [0.25, 0.3) is 0 Å². The van der Waals surface area contributed by atoms with Crippen LogP contribution in [0.4, 0.5) is 0 Å². The Balaban J connectivity index is 1.49. The predicted octanol–water partition coefficient (Wildman–Crippen LogP) is 1.97. The summed E-state index contributed by atoms with van der Waals surface area (Å²) in [4.78, 5) is 25.3. The highest BCUT2D eigenvalue weighted by Gasteiger charge is 2.17. The summed E-state index contributed by atoms with van der Waals surface area (Å²) in [6.45, 7) is 2.38. The first-order valence-corrected chi connectivity index (χ1v) is 7.98. The molecule has 1 aromatic carbocycles. The van der Waals surface area contributed by atoms with Gasteiger partial charge in [-0.15, -0.1) is 0 Å². The molecule has 120 valence electrons. The number of amides is 2. The molecule has 5 heteroatoms. The van der Waals surface area contributed by atoms with Crippen molar-refractivity contribution in [2.75, 3.05) is 26.2 Å². The molecule has 0 saturated carbocycles. The maximum Gasteiger partial charge on any atom is 0.241 e. The number of carbonyl (C=O) groups is 2. The van der Waals surface area contributed by atoms with E-state index in [0.29, 0.717) is 13.0 Å². The van der Waals surface area contributed by atoms with E-state index in [4.69, 9.17) is 4.74 Å². The first-order valence-electron chi connectivity index (χ1n) is 7.98. The van der Waals surface area contributed by atoms with Gasteiger partial charge in [-0.05, 0) is 37.8 Å². The lowest BCUT2D eigenvalue weighted by atomic mass is 10.2. The molecule has 0 aliphatic carbocycles. The molecule has 0 unspecified atom stereocenters. The van der Waals surface area contributed by atoms with Gasteiger partial charge in [0.25, 0.3) is 0 Å². The van der Waals surface area contributed by atoms with Gasteiger partial charge >= 0.3 is 0 Å². The van der Waals surface area contributed by atoms with E-state index in [0.717, 1.165) is 44.5 Å². The predicted molar refractivity (Wildman–Crippen MR) is 84.6 cm³/mol. The Labute approximate surface area is 131 Å². The second-order valence-corrected chi connectivity index (χ2v) is 5.48. The van der Waals surface area contributed by atoms with Crippen molar-refractivity contribution in [3.8, 4) is 5.75 Å². The topological polar surface area (TPSA) is 58.6 Å².